The number of hydrogen-bond donors (Lipinski definition) is 1. The lowest BCUT2D eigenvalue weighted by Gasteiger charge is -2.52. The van der Waals surface area contributed by atoms with Crippen LogP contribution in [0.2, 0.25) is 0 Å². The number of carbonyl (C=O) groups excluding carboxylic acids is 1. The van der Waals surface area contributed by atoms with E-state index >= 15 is 0 Å². The standard InChI is InChI=1S/C18H25FN2O3/c1-13-12-20(3)11-10-18(13,9-8-17(23)24)21(14(2)22)16-7-5-4-6-15(16)19/h4-7,13H,8-12H2,1-3H3,(H,23,24). The summed E-state index contributed by atoms with van der Waals surface area (Å²) >= 11 is 0. The highest BCUT2D eigenvalue weighted by Crippen LogP contribution is 2.41. The Hall–Kier alpha value is -1.95. The van der Waals surface area contributed by atoms with Crippen molar-refractivity contribution in [1.82, 2.24) is 4.90 Å². The second kappa shape index (κ2) is 7.30. The van der Waals surface area contributed by atoms with E-state index in [1.807, 2.05) is 14.0 Å². The molecule has 132 valence electrons. The zero-order chi connectivity index (χ0) is 17.9. The highest BCUT2D eigenvalue weighted by atomic mass is 19.1. The van der Waals surface area contributed by atoms with Crippen molar-refractivity contribution < 1.29 is 19.1 Å². The summed E-state index contributed by atoms with van der Waals surface area (Å²) in [7, 11) is 2.00. The fourth-order valence-electron chi connectivity index (χ4n) is 3.85. The Morgan fingerprint density at radius 1 is 1.42 bits per heavy atom. The smallest absolute Gasteiger partial charge is 0.303 e. The summed E-state index contributed by atoms with van der Waals surface area (Å²) in [5.41, 5.74) is -0.467. The van der Waals surface area contributed by atoms with Gasteiger partial charge in [-0.15, -0.1) is 0 Å². The van der Waals surface area contributed by atoms with Crippen molar-refractivity contribution in [2.75, 3.05) is 25.0 Å². The topological polar surface area (TPSA) is 60.9 Å². The van der Waals surface area contributed by atoms with E-state index in [9.17, 15) is 14.0 Å². The molecule has 0 saturated carbocycles. The van der Waals surface area contributed by atoms with Gasteiger partial charge in [0.25, 0.3) is 0 Å². The molecule has 1 aliphatic rings. The lowest BCUT2D eigenvalue weighted by Crippen LogP contribution is -2.62. The van der Waals surface area contributed by atoms with Gasteiger partial charge >= 0.3 is 5.97 Å². The molecule has 24 heavy (non-hydrogen) atoms. The second-order valence-electron chi connectivity index (χ2n) is 6.72. The van der Waals surface area contributed by atoms with Gasteiger partial charge in [0, 0.05) is 26.4 Å². The SMILES string of the molecule is CC(=O)N(c1ccccc1F)C1(CCC(=O)O)CCN(C)CC1C. The van der Waals surface area contributed by atoms with Gasteiger partial charge in [-0.2, -0.15) is 0 Å². The summed E-state index contributed by atoms with van der Waals surface area (Å²) in [5.74, 6) is -1.60. The van der Waals surface area contributed by atoms with Crippen molar-refractivity contribution in [1.29, 1.82) is 0 Å². The Labute approximate surface area is 142 Å². The highest BCUT2D eigenvalue weighted by molar-refractivity contribution is 5.93. The number of aliphatic carboxylic acids is 1. The fourth-order valence-corrected chi connectivity index (χ4v) is 3.85. The summed E-state index contributed by atoms with van der Waals surface area (Å²) in [5, 5.41) is 9.15. The molecular weight excluding hydrogens is 311 g/mol. The molecule has 5 nitrogen and oxygen atoms in total. The molecule has 0 aromatic heterocycles. The number of rotatable bonds is 5. The largest absolute Gasteiger partial charge is 0.481 e. The molecule has 0 radical (unpaired) electrons. The van der Waals surface area contributed by atoms with Crippen LogP contribution in [0.1, 0.15) is 33.1 Å². The van der Waals surface area contributed by atoms with Crippen LogP contribution in [0, 0.1) is 11.7 Å². The van der Waals surface area contributed by atoms with Gasteiger partial charge in [-0.3, -0.25) is 9.59 Å². The van der Waals surface area contributed by atoms with Gasteiger partial charge in [0.15, 0.2) is 0 Å². The Kier molecular flexibility index (Phi) is 5.59. The Morgan fingerprint density at radius 3 is 2.62 bits per heavy atom. The number of para-hydroxylation sites is 1. The average Bonchev–Trinajstić information content (AvgIpc) is 2.50. The van der Waals surface area contributed by atoms with Crippen molar-refractivity contribution in [3.8, 4) is 0 Å². The first-order valence-electron chi connectivity index (χ1n) is 8.23. The first-order valence-corrected chi connectivity index (χ1v) is 8.23. The number of carbonyl (C=O) groups is 2. The minimum atomic E-state index is -0.905. The normalized spacial score (nSPS) is 24.6. The second-order valence-corrected chi connectivity index (χ2v) is 6.72. The van der Waals surface area contributed by atoms with Crippen LogP contribution in [-0.4, -0.2) is 47.6 Å². The number of hydrogen-bond acceptors (Lipinski definition) is 3. The third-order valence-corrected chi connectivity index (χ3v) is 5.05. The molecule has 1 heterocycles. The third kappa shape index (κ3) is 3.59. The molecule has 1 aromatic rings. The summed E-state index contributed by atoms with van der Waals surface area (Å²) in [6.45, 7) is 4.90. The number of anilines is 1. The van der Waals surface area contributed by atoms with Crippen LogP contribution in [0.3, 0.4) is 0 Å². The number of carboxylic acids is 1. The van der Waals surface area contributed by atoms with Crippen molar-refractivity contribution in [3.05, 3.63) is 30.1 Å². The molecule has 0 aliphatic carbocycles. The number of carboxylic acid groups (broad SMARTS) is 1. The van der Waals surface area contributed by atoms with Crippen molar-refractivity contribution in [2.45, 2.75) is 38.6 Å². The molecule has 1 saturated heterocycles. The monoisotopic (exact) mass is 336 g/mol. The maximum atomic E-state index is 14.4. The quantitative estimate of drug-likeness (QED) is 0.898. The third-order valence-electron chi connectivity index (χ3n) is 5.05. The molecule has 1 amide bonds. The number of halogens is 1. The van der Waals surface area contributed by atoms with Crippen molar-refractivity contribution in [2.24, 2.45) is 5.92 Å². The van der Waals surface area contributed by atoms with Crippen LogP contribution in [0.25, 0.3) is 0 Å². The van der Waals surface area contributed by atoms with Gasteiger partial charge in [0.05, 0.1) is 11.2 Å². The molecular formula is C18H25FN2O3. The van der Waals surface area contributed by atoms with Gasteiger partial charge < -0.3 is 14.9 Å². The van der Waals surface area contributed by atoms with E-state index in [0.717, 1.165) is 13.1 Å². The zero-order valence-electron chi connectivity index (χ0n) is 14.5. The van der Waals surface area contributed by atoms with E-state index in [0.29, 0.717) is 12.8 Å². The minimum Gasteiger partial charge on any atom is -0.481 e. The Morgan fingerprint density at radius 2 is 2.08 bits per heavy atom. The molecule has 2 atom stereocenters. The predicted octanol–water partition coefficient (Wildman–Crippen LogP) is 2.75. The van der Waals surface area contributed by atoms with Crippen LogP contribution in [0.5, 0.6) is 0 Å². The molecule has 2 unspecified atom stereocenters. The molecule has 0 bridgehead atoms. The fraction of sp³-hybridized carbons (Fsp3) is 0.556. The summed E-state index contributed by atoms with van der Waals surface area (Å²) < 4.78 is 14.4. The zero-order valence-corrected chi connectivity index (χ0v) is 14.5. The van der Waals surface area contributed by atoms with Crippen LogP contribution in [-0.2, 0) is 9.59 Å². The predicted molar refractivity (Wildman–Crippen MR) is 90.4 cm³/mol. The number of likely N-dealkylation sites (tertiary alicyclic amines) is 1. The number of amides is 1. The van der Waals surface area contributed by atoms with E-state index in [1.165, 1.54) is 17.9 Å². The van der Waals surface area contributed by atoms with Gasteiger partial charge in [0.1, 0.15) is 5.82 Å². The van der Waals surface area contributed by atoms with Gasteiger partial charge in [-0.25, -0.2) is 4.39 Å². The Bertz CT molecular complexity index is 622. The van der Waals surface area contributed by atoms with Crippen LogP contribution >= 0.6 is 0 Å². The van der Waals surface area contributed by atoms with E-state index in [4.69, 9.17) is 5.11 Å². The lowest BCUT2D eigenvalue weighted by atomic mass is 9.73. The number of piperidine rings is 1. The first kappa shape index (κ1) is 18.4. The molecule has 1 aliphatic heterocycles. The number of nitrogens with zero attached hydrogens (tertiary/aromatic N) is 2. The molecule has 6 heteroatoms. The first-order chi connectivity index (χ1) is 11.3. The van der Waals surface area contributed by atoms with Gasteiger partial charge in [-0.1, -0.05) is 19.1 Å². The van der Waals surface area contributed by atoms with E-state index < -0.39 is 17.3 Å². The van der Waals surface area contributed by atoms with Gasteiger partial charge in [-0.05, 0) is 37.9 Å². The van der Waals surface area contributed by atoms with Crippen LogP contribution in [0.15, 0.2) is 24.3 Å². The molecule has 1 aromatic carbocycles. The summed E-state index contributed by atoms with van der Waals surface area (Å²) in [6, 6.07) is 6.19. The van der Waals surface area contributed by atoms with E-state index in [1.54, 1.807) is 18.2 Å². The summed E-state index contributed by atoms with van der Waals surface area (Å²) in [4.78, 5) is 27.3. The molecule has 1 fully saturated rings. The minimum absolute atomic E-state index is 0.0270. The van der Waals surface area contributed by atoms with Crippen molar-refractivity contribution >= 4 is 17.6 Å². The molecule has 2 rings (SSSR count). The van der Waals surface area contributed by atoms with Crippen LogP contribution < -0.4 is 4.90 Å². The van der Waals surface area contributed by atoms with E-state index in [2.05, 4.69) is 4.90 Å². The van der Waals surface area contributed by atoms with Gasteiger partial charge in [0.2, 0.25) is 5.91 Å². The average molecular weight is 336 g/mol. The molecule has 1 N–H and O–H groups in total. The lowest BCUT2D eigenvalue weighted by molar-refractivity contribution is -0.138. The maximum Gasteiger partial charge on any atom is 0.303 e. The van der Waals surface area contributed by atoms with Crippen molar-refractivity contribution in [3.63, 3.8) is 0 Å². The maximum absolute atomic E-state index is 14.4. The summed E-state index contributed by atoms with van der Waals surface area (Å²) in [6.07, 6.45) is 0.878. The number of benzene rings is 1. The van der Waals surface area contributed by atoms with Crippen LogP contribution in [0.4, 0.5) is 10.1 Å². The Balaban J connectivity index is 2.51. The van der Waals surface area contributed by atoms with E-state index in [-0.39, 0.29) is 23.9 Å². The molecule has 0 spiro atoms. The highest BCUT2D eigenvalue weighted by Gasteiger charge is 2.47.